The molecule has 0 spiro atoms. The quantitative estimate of drug-likeness (QED) is 0.582. The van der Waals surface area contributed by atoms with Crippen LogP contribution in [0.5, 0.6) is 0 Å². The SMILES string of the molecule is C=CC(CC)c1ccco1. The van der Waals surface area contributed by atoms with Crippen LogP contribution in [0.25, 0.3) is 0 Å². The molecule has 0 aliphatic rings. The van der Waals surface area contributed by atoms with Crippen LogP contribution in [0.3, 0.4) is 0 Å². The molecule has 0 amide bonds. The summed E-state index contributed by atoms with van der Waals surface area (Å²) in [6.07, 6.45) is 4.66. The molecule has 0 radical (unpaired) electrons. The van der Waals surface area contributed by atoms with Crippen molar-refractivity contribution in [1.29, 1.82) is 0 Å². The minimum absolute atomic E-state index is 0.384. The molecule has 0 saturated heterocycles. The standard InChI is InChI=1S/C9H12O/c1-3-8(4-2)9-6-5-7-10-9/h3,5-8H,1,4H2,2H3. The summed E-state index contributed by atoms with van der Waals surface area (Å²) in [4.78, 5) is 0. The smallest absolute Gasteiger partial charge is 0.110 e. The Kier molecular flexibility index (Phi) is 2.32. The second-order valence-electron chi connectivity index (χ2n) is 2.27. The highest BCUT2D eigenvalue weighted by molar-refractivity contribution is 5.10. The summed E-state index contributed by atoms with van der Waals surface area (Å²) in [5.74, 6) is 1.40. The van der Waals surface area contributed by atoms with Gasteiger partial charge in [-0.25, -0.2) is 0 Å². The third-order valence-electron chi connectivity index (χ3n) is 1.63. The molecule has 1 aromatic heterocycles. The number of hydrogen-bond acceptors (Lipinski definition) is 1. The van der Waals surface area contributed by atoms with Crippen LogP contribution in [-0.4, -0.2) is 0 Å². The first-order chi connectivity index (χ1) is 4.88. The molecular formula is C9H12O. The van der Waals surface area contributed by atoms with Crippen LogP contribution in [0, 0.1) is 0 Å². The predicted molar refractivity (Wildman–Crippen MR) is 41.9 cm³/mol. The monoisotopic (exact) mass is 136 g/mol. The van der Waals surface area contributed by atoms with E-state index in [9.17, 15) is 0 Å². The van der Waals surface area contributed by atoms with Crippen molar-refractivity contribution >= 4 is 0 Å². The molecule has 0 aliphatic carbocycles. The van der Waals surface area contributed by atoms with Gasteiger partial charge in [-0.05, 0) is 18.6 Å². The molecule has 0 aliphatic heterocycles. The molecule has 1 heteroatoms. The number of furan rings is 1. The van der Waals surface area contributed by atoms with Crippen LogP contribution in [0.15, 0.2) is 35.5 Å². The average molecular weight is 136 g/mol. The molecule has 0 bridgehead atoms. The number of rotatable bonds is 3. The van der Waals surface area contributed by atoms with Crippen molar-refractivity contribution in [2.75, 3.05) is 0 Å². The highest BCUT2D eigenvalue weighted by atomic mass is 16.3. The minimum atomic E-state index is 0.384. The lowest BCUT2D eigenvalue weighted by Crippen LogP contribution is -1.88. The van der Waals surface area contributed by atoms with Crippen molar-refractivity contribution in [1.82, 2.24) is 0 Å². The lowest BCUT2D eigenvalue weighted by atomic mass is 10.0. The van der Waals surface area contributed by atoms with Crippen LogP contribution in [-0.2, 0) is 0 Å². The van der Waals surface area contributed by atoms with Gasteiger partial charge in [0, 0.05) is 5.92 Å². The molecule has 1 aromatic rings. The summed E-state index contributed by atoms with van der Waals surface area (Å²) < 4.78 is 5.21. The van der Waals surface area contributed by atoms with Crippen molar-refractivity contribution in [2.45, 2.75) is 19.3 Å². The maximum absolute atomic E-state index is 5.21. The zero-order chi connectivity index (χ0) is 7.40. The predicted octanol–water partition coefficient (Wildman–Crippen LogP) is 2.96. The molecule has 0 N–H and O–H groups in total. The Balaban J connectivity index is 2.73. The first-order valence-corrected chi connectivity index (χ1v) is 3.54. The summed E-state index contributed by atoms with van der Waals surface area (Å²) in [6, 6.07) is 3.89. The van der Waals surface area contributed by atoms with Crippen LogP contribution < -0.4 is 0 Å². The number of hydrogen-bond donors (Lipinski definition) is 0. The van der Waals surface area contributed by atoms with Crippen molar-refractivity contribution in [3.8, 4) is 0 Å². The molecule has 1 atom stereocenters. The highest BCUT2D eigenvalue weighted by Crippen LogP contribution is 2.19. The maximum atomic E-state index is 5.21. The molecule has 0 saturated carbocycles. The van der Waals surface area contributed by atoms with E-state index >= 15 is 0 Å². The van der Waals surface area contributed by atoms with E-state index in [0.717, 1.165) is 12.2 Å². The minimum Gasteiger partial charge on any atom is -0.469 e. The molecule has 1 heterocycles. The van der Waals surface area contributed by atoms with E-state index in [0.29, 0.717) is 5.92 Å². The van der Waals surface area contributed by atoms with Gasteiger partial charge < -0.3 is 4.42 Å². The van der Waals surface area contributed by atoms with Gasteiger partial charge in [-0.15, -0.1) is 6.58 Å². The molecule has 1 rings (SSSR count). The molecule has 54 valence electrons. The fourth-order valence-corrected chi connectivity index (χ4v) is 0.986. The highest BCUT2D eigenvalue weighted by Gasteiger charge is 2.05. The van der Waals surface area contributed by atoms with Crippen molar-refractivity contribution in [2.24, 2.45) is 0 Å². The lowest BCUT2D eigenvalue weighted by molar-refractivity contribution is 0.485. The van der Waals surface area contributed by atoms with Gasteiger partial charge in [0.2, 0.25) is 0 Å². The van der Waals surface area contributed by atoms with E-state index < -0.39 is 0 Å². The Morgan fingerprint density at radius 3 is 3.00 bits per heavy atom. The zero-order valence-electron chi connectivity index (χ0n) is 6.21. The summed E-state index contributed by atoms with van der Waals surface area (Å²) in [5.41, 5.74) is 0. The van der Waals surface area contributed by atoms with Crippen LogP contribution >= 0.6 is 0 Å². The van der Waals surface area contributed by atoms with E-state index in [4.69, 9.17) is 4.42 Å². The van der Waals surface area contributed by atoms with E-state index in [1.807, 2.05) is 18.2 Å². The third kappa shape index (κ3) is 1.29. The number of allylic oxidation sites excluding steroid dienone is 1. The van der Waals surface area contributed by atoms with Crippen molar-refractivity contribution < 1.29 is 4.42 Å². The molecular weight excluding hydrogens is 124 g/mol. The summed E-state index contributed by atoms with van der Waals surface area (Å²) in [6.45, 7) is 5.85. The van der Waals surface area contributed by atoms with Gasteiger partial charge in [0.1, 0.15) is 5.76 Å². The molecule has 1 nitrogen and oxygen atoms in total. The van der Waals surface area contributed by atoms with Gasteiger partial charge in [0.25, 0.3) is 0 Å². The topological polar surface area (TPSA) is 13.1 Å². The third-order valence-corrected chi connectivity index (χ3v) is 1.63. The van der Waals surface area contributed by atoms with Crippen molar-refractivity contribution in [3.05, 3.63) is 36.8 Å². The van der Waals surface area contributed by atoms with Gasteiger partial charge in [-0.3, -0.25) is 0 Å². The lowest BCUT2D eigenvalue weighted by Gasteiger charge is -2.03. The summed E-state index contributed by atoms with van der Waals surface area (Å²) >= 11 is 0. The Labute approximate surface area is 61.4 Å². The zero-order valence-corrected chi connectivity index (χ0v) is 6.21. The largest absolute Gasteiger partial charge is 0.469 e. The first-order valence-electron chi connectivity index (χ1n) is 3.54. The first kappa shape index (κ1) is 7.13. The maximum Gasteiger partial charge on any atom is 0.110 e. The Hall–Kier alpha value is -0.980. The van der Waals surface area contributed by atoms with Gasteiger partial charge in [-0.2, -0.15) is 0 Å². The molecule has 0 fully saturated rings. The van der Waals surface area contributed by atoms with Crippen LogP contribution in [0.2, 0.25) is 0 Å². The fraction of sp³-hybridized carbons (Fsp3) is 0.333. The van der Waals surface area contributed by atoms with Crippen molar-refractivity contribution in [3.63, 3.8) is 0 Å². The second-order valence-corrected chi connectivity index (χ2v) is 2.27. The Morgan fingerprint density at radius 2 is 2.60 bits per heavy atom. The Bertz CT molecular complexity index is 187. The van der Waals surface area contributed by atoms with E-state index in [-0.39, 0.29) is 0 Å². The van der Waals surface area contributed by atoms with Crippen LogP contribution in [0.4, 0.5) is 0 Å². The van der Waals surface area contributed by atoms with E-state index in [2.05, 4.69) is 13.5 Å². The van der Waals surface area contributed by atoms with Gasteiger partial charge in [-0.1, -0.05) is 13.0 Å². The normalized spacial score (nSPS) is 12.9. The average Bonchev–Trinajstić information content (AvgIpc) is 2.43. The molecule has 0 aromatic carbocycles. The molecule has 10 heavy (non-hydrogen) atoms. The summed E-state index contributed by atoms with van der Waals surface area (Å²) in [7, 11) is 0. The van der Waals surface area contributed by atoms with E-state index in [1.54, 1.807) is 6.26 Å². The van der Waals surface area contributed by atoms with Crippen LogP contribution in [0.1, 0.15) is 25.0 Å². The summed E-state index contributed by atoms with van der Waals surface area (Å²) in [5, 5.41) is 0. The van der Waals surface area contributed by atoms with Gasteiger partial charge in [0.05, 0.1) is 6.26 Å². The second kappa shape index (κ2) is 3.25. The Morgan fingerprint density at radius 1 is 1.80 bits per heavy atom. The fourth-order valence-electron chi connectivity index (χ4n) is 0.986. The molecule has 1 unspecified atom stereocenters. The van der Waals surface area contributed by atoms with E-state index in [1.165, 1.54) is 0 Å². The van der Waals surface area contributed by atoms with Gasteiger partial charge in [0.15, 0.2) is 0 Å². The van der Waals surface area contributed by atoms with Gasteiger partial charge >= 0.3 is 0 Å².